The summed E-state index contributed by atoms with van der Waals surface area (Å²) in [5.74, 6) is 0. The Hall–Kier alpha value is -0.780. The zero-order valence-corrected chi connectivity index (χ0v) is 6.29. The van der Waals surface area contributed by atoms with Crippen molar-refractivity contribution in [2.45, 2.75) is 13.3 Å². The number of alkyl halides is 3. The first-order valence-corrected chi connectivity index (χ1v) is 3.53. The van der Waals surface area contributed by atoms with Gasteiger partial charge >= 0.3 is 6.36 Å². The molecule has 6 heteroatoms. The van der Waals surface area contributed by atoms with Crippen LogP contribution in [-0.4, -0.2) is 11.3 Å². The van der Waals surface area contributed by atoms with E-state index in [1.54, 1.807) is 6.92 Å². The molecule has 0 aliphatic heterocycles. The second-order valence-corrected chi connectivity index (χ2v) is 2.62. The summed E-state index contributed by atoms with van der Waals surface area (Å²) in [4.78, 5) is 3.47. The highest BCUT2D eigenvalue weighted by Gasteiger charge is 2.32. The Balaban J connectivity index is 2.65. The van der Waals surface area contributed by atoms with Crippen molar-refractivity contribution < 1.29 is 17.9 Å². The first-order chi connectivity index (χ1) is 4.97. The Bertz CT molecular complexity index is 244. The van der Waals surface area contributed by atoms with Gasteiger partial charge in [-0.3, -0.25) is 0 Å². The molecule has 0 amide bonds. The first kappa shape index (κ1) is 8.32. The molecule has 0 saturated carbocycles. The van der Waals surface area contributed by atoms with Crippen LogP contribution in [-0.2, 0) is 0 Å². The molecule has 62 valence electrons. The van der Waals surface area contributed by atoms with Crippen molar-refractivity contribution in [2.24, 2.45) is 0 Å². The predicted octanol–water partition coefficient (Wildman–Crippen LogP) is 2.35. The van der Waals surface area contributed by atoms with Gasteiger partial charge in [-0.1, -0.05) is 11.3 Å². The van der Waals surface area contributed by atoms with Crippen LogP contribution in [0.25, 0.3) is 0 Å². The molecular formula is C5H4F3NOS. The minimum atomic E-state index is -4.63. The second-order valence-electron chi connectivity index (χ2n) is 1.80. The third kappa shape index (κ3) is 2.75. The summed E-state index contributed by atoms with van der Waals surface area (Å²) in [6.45, 7) is 1.60. The van der Waals surface area contributed by atoms with E-state index in [0.29, 0.717) is 5.69 Å². The van der Waals surface area contributed by atoms with Crippen molar-refractivity contribution in [1.82, 2.24) is 4.98 Å². The smallest absolute Gasteiger partial charge is 0.378 e. The van der Waals surface area contributed by atoms with Crippen LogP contribution in [0.3, 0.4) is 0 Å². The molecule has 11 heavy (non-hydrogen) atoms. The van der Waals surface area contributed by atoms with Gasteiger partial charge < -0.3 is 4.74 Å². The van der Waals surface area contributed by atoms with Crippen molar-refractivity contribution in [2.75, 3.05) is 0 Å². The number of hydrogen-bond donors (Lipinski definition) is 0. The lowest BCUT2D eigenvalue weighted by Crippen LogP contribution is -2.16. The minimum absolute atomic E-state index is 0.366. The number of aromatic nitrogens is 1. The number of ether oxygens (including phenoxy) is 1. The van der Waals surface area contributed by atoms with Gasteiger partial charge in [0, 0.05) is 5.38 Å². The summed E-state index contributed by atoms with van der Waals surface area (Å²) in [5, 5.41) is 1.12. The molecular weight excluding hydrogens is 179 g/mol. The molecule has 0 N–H and O–H groups in total. The van der Waals surface area contributed by atoms with E-state index in [1.807, 2.05) is 0 Å². The van der Waals surface area contributed by atoms with Gasteiger partial charge in [0.25, 0.3) is 5.19 Å². The van der Waals surface area contributed by atoms with Crippen molar-refractivity contribution >= 4 is 11.3 Å². The molecule has 1 aromatic rings. The molecule has 0 fully saturated rings. The molecule has 0 bridgehead atoms. The van der Waals surface area contributed by atoms with Crippen molar-refractivity contribution in [1.29, 1.82) is 0 Å². The summed E-state index contributed by atoms with van der Waals surface area (Å²) in [5.41, 5.74) is 0.522. The van der Waals surface area contributed by atoms with Gasteiger partial charge in [0.2, 0.25) is 0 Å². The van der Waals surface area contributed by atoms with Gasteiger partial charge in [0.15, 0.2) is 0 Å². The number of thiazole rings is 1. The van der Waals surface area contributed by atoms with Gasteiger partial charge in [-0.15, -0.1) is 13.2 Å². The van der Waals surface area contributed by atoms with Crippen LogP contribution in [0.4, 0.5) is 13.2 Å². The first-order valence-electron chi connectivity index (χ1n) is 2.65. The van der Waals surface area contributed by atoms with E-state index >= 15 is 0 Å². The molecule has 2 nitrogen and oxygen atoms in total. The number of nitrogens with zero attached hydrogens (tertiary/aromatic N) is 1. The molecule has 1 aromatic heterocycles. The highest BCUT2D eigenvalue weighted by atomic mass is 32.1. The van der Waals surface area contributed by atoms with Gasteiger partial charge in [-0.2, -0.15) is 0 Å². The zero-order valence-electron chi connectivity index (χ0n) is 5.47. The highest BCUT2D eigenvalue weighted by molar-refractivity contribution is 7.11. The molecule has 0 saturated heterocycles. The van der Waals surface area contributed by atoms with Crippen molar-refractivity contribution in [3.63, 3.8) is 0 Å². The average molecular weight is 183 g/mol. The normalized spacial score (nSPS) is 11.6. The third-order valence-corrected chi connectivity index (χ3v) is 1.64. The van der Waals surface area contributed by atoms with Crippen molar-refractivity contribution in [3.05, 3.63) is 11.1 Å². The van der Waals surface area contributed by atoms with E-state index in [0.717, 1.165) is 11.3 Å². The number of rotatable bonds is 1. The van der Waals surface area contributed by atoms with Crippen LogP contribution >= 0.6 is 11.3 Å². The predicted molar refractivity (Wildman–Crippen MR) is 33.5 cm³/mol. The van der Waals surface area contributed by atoms with Crippen LogP contribution < -0.4 is 4.74 Å². The summed E-state index contributed by atoms with van der Waals surface area (Å²) in [6.07, 6.45) is -4.63. The average Bonchev–Trinajstić information content (AvgIpc) is 2.10. The Morgan fingerprint density at radius 1 is 1.55 bits per heavy atom. The van der Waals surface area contributed by atoms with E-state index in [-0.39, 0.29) is 5.19 Å². The molecule has 0 unspecified atom stereocenters. The van der Waals surface area contributed by atoms with E-state index in [1.165, 1.54) is 5.38 Å². The number of halogens is 3. The Morgan fingerprint density at radius 2 is 2.18 bits per heavy atom. The molecule has 0 atom stereocenters. The van der Waals surface area contributed by atoms with Crippen molar-refractivity contribution in [3.8, 4) is 5.19 Å². The van der Waals surface area contributed by atoms with Gasteiger partial charge in [-0.25, -0.2) is 4.98 Å². The van der Waals surface area contributed by atoms with E-state index in [4.69, 9.17) is 0 Å². The molecule has 1 heterocycles. The number of aryl methyl sites for hydroxylation is 1. The highest BCUT2D eigenvalue weighted by Crippen LogP contribution is 2.25. The second kappa shape index (κ2) is 2.69. The molecule has 0 aromatic carbocycles. The molecule has 0 radical (unpaired) electrons. The Labute approximate surface area is 64.6 Å². The minimum Gasteiger partial charge on any atom is -0.378 e. The van der Waals surface area contributed by atoms with Crippen LogP contribution in [0.2, 0.25) is 0 Å². The third-order valence-electron chi connectivity index (χ3n) is 0.801. The number of hydrogen-bond acceptors (Lipinski definition) is 3. The van der Waals surface area contributed by atoms with E-state index in [9.17, 15) is 13.2 Å². The lowest BCUT2D eigenvalue weighted by atomic mass is 10.6. The summed E-state index contributed by atoms with van der Waals surface area (Å²) >= 11 is 0.823. The summed E-state index contributed by atoms with van der Waals surface area (Å²) in [7, 11) is 0. The molecule has 0 aliphatic rings. The quantitative estimate of drug-likeness (QED) is 0.666. The lowest BCUT2D eigenvalue weighted by Gasteiger charge is -2.03. The fraction of sp³-hybridized carbons (Fsp3) is 0.400. The fourth-order valence-corrected chi connectivity index (χ4v) is 1.14. The van der Waals surface area contributed by atoms with Crippen LogP contribution in [0.5, 0.6) is 5.19 Å². The maximum absolute atomic E-state index is 11.5. The standard InChI is InChI=1S/C5H4F3NOS/c1-3-2-11-4(9-3)10-5(6,7)8/h2H,1H3. The fourth-order valence-electron chi connectivity index (χ4n) is 0.478. The van der Waals surface area contributed by atoms with Gasteiger partial charge in [0.05, 0.1) is 5.69 Å². The summed E-state index contributed by atoms with van der Waals surface area (Å²) < 4.78 is 38.0. The summed E-state index contributed by atoms with van der Waals surface area (Å²) in [6, 6.07) is 0. The van der Waals surface area contributed by atoms with Gasteiger partial charge in [0.1, 0.15) is 0 Å². The topological polar surface area (TPSA) is 22.1 Å². The van der Waals surface area contributed by atoms with E-state index < -0.39 is 6.36 Å². The molecule has 0 aliphatic carbocycles. The van der Waals surface area contributed by atoms with Crippen LogP contribution in [0.15, 0.2) is 5.38 Å². The van der Waals surface area contributed by atoms with Crippen LogP contribution in [0.1, 0.15) is 5.69 Å². The Kier molecular flexibility index (Phi) is 2.03. The van der Waals surface area contributed by atoms with Crippen LogP contribution in [0, 0.1) is 6.92 Å². The molecule has 1 rings (SSSR count). The maximum atomic E-state index is 11.5. The largest absolute Gasteiger partial charge is 0.574 e. The lowest BCUT2D eigenvalue weighted by molar-refractivity contribution is -0.274. The zero-order chi connectivity index (χ0) is 8.48. The Morgan fingerprint density at radius 3 is 2.55 bits per heavy atom. The van der Waals surface area contributed by atoms with E-state index in [2.05, 4.69) is 9.72 Å². The SMILES string of the molecule is Cc1csc(OC(F)(F)F)n1. The monoisotopic (exact) mass is 183 g/mol. The maximum Gasteiger partial charge on any atom is 0.574 e. The molecule has 0 spiro atoms. The van der Waals surface area contributed by atoms with Gasteiger partial charge in [-0.05, 0) is 6.92 Å².